The van der Waals surface area contributed by atoms with Crippen LogP contribution in [-0.4, -0.2) is 17.1 Å². The molecule has 1 heterocycles. The molecule has 0 aliphatic rings. The minimum Gasteiger partial charge on any atom is -0.493 e. The Morgan fingerprint density at radius 1 is 1.36 bits per heavy atom. The van der Waals surface area contributed by atoms with Crippen LogP contribution in [0.25, 0.3) is 0 Å². The molecule has 0 unspecified atom stereocenters. The summed E-state index contributed by atoms with van der Waals surface area (Å²) >= 11 is 0. The first kappa shape index (κ1) is 11.0. The summed E-state index contributed by atoms with van der Waals surface area (Å²) in [6, 6.07) is 0. The van der Waals surface area contributed by atoms with Crippen molar-refractivity contribution >= 4 is 0 Å². The van der Waals surface area contributed by atoms with Gasteiger partial charge in [-0.15, -0.1) is 0 Å². The zero-order valence-electron chi connectivity index (χ0n) is 9.59. The first-order valence-electron chi connectivity index (χ1n) is 4.89. The Kier molecular flexibility index (Phi) is 3.09. The smallest absolute Gasteiger partial charge is 0.159 e. The molecule has 1 rings (SSSR count). The summed E-state index contributed by atoms with van der Waals surface area (Å²) < 4.78 is 5.25. The highest BCUT2D eigenvalue weighted by Crippen LogP contribution is 2.28. The van der Waals surface area contributed by atoms with Crippen LogP contribution in [0.4, 0.5) is 0 Å². The topological polar surface area (TPSA) is 35.0 Å². The van der Waals surface area contributed by atoms with Gasteiger partial charge in [-0.1, -0.05) is 27.7 Å². The Hall–Kier alpha value is -1.12. The second-order valence-corrected chi connectivity index (χ2v) is 4.31. The van der Waals surface area contributed by atoms with Gasteiger partial charge >= 0.3 is 0 Å². The molecule has 3 nitrogen and oxygen atoms in total. The Balaban J connectivity index is 3.22. The maximum atomic E-state index is 5.25. The van der Waals surface area contributed by atoms with Crippen molar-refractivity contribution in [3.63, 3.8) is 0 Å². The molecule has 1 aromatic rings. The van der Waals surface area contributed by atoms with Crippen LogP contribution in [0.2, 0.25) is 0 Å². The fourth-order valence-electron chi connectivity index (χ4n) is 1.26. The van der Waals surface area contributed by atoms with Gasteiger partial charge < -0.3 is 4.74 Å². The van der Waals surface area contributed by atoms with E-state index in [2.05, 4.69) is 30.7 Å². The van der Waals surface area contributed by atoms with E-state index in [-0.39, 0.29) is 5.41 Å². The lowest BCUT2D eigenvalue weighted by molar-refractivity contribution is 0.388. The summed E-state index contributed by atoms with van der Waals surface area (Å²) in [4.78, 5) is 8.70. The molecule has 0 saturated heterocycles. The monoisotopic (exact) mass is 194 g/mol. The summed E-state index contributed by atoms with van der Waals surface area (Å²) in [5.74, 6) is 1.64. The average Bonchev–Trinajstić information content (AvgIpc) is 2.15. The lowest BCUT2D eigenvalue weighted by atomic mass is 9.91. The number of nitrogens with zero attached hydrogens (tertiary/aromatic N) is 2. The molecule has 0 aliphatic heterocycles. The molecule has 0 aromatic carbocycles. The maximum Gasteiger partial charge on any atom is 0.159 e. The molecule has 0 aliphatic carbocycles. The zero-order valence-corrected chi connectivity index (χ0v) is 9.59. The Labute approximate surface area is 85.5 Å². The van der Waals surface area contributed by atoms with Gasteiger partial charge in [-0.25, -0.2) is 9.97 Å². The third-order valence-electron chi connectivity index (χ3n) is 2.05. The van der Waals surface area contributed by atoms with Gasteiger partial charge in [0.1, 0.15) is 5.82 Å². The predicted molar refractivity (Wildman–Crippen MR) is 56.7 cm³/mol. The van der Waals surface area contributed by atoms with Crippen molar-refractivity contribution in [3.05, 3.63) is 17.7 Å². The summed E-state index contributed by atoms with van der Waals surface area (Å²) in [6.45, 7) is 8.42. The van der Waals surface area contributed by atoms with E-state index < -0.39 is 0 Å². The Bertz CT molecular complexity index is 316. The fourth-order valence-corrected chi connectivity index (χ4v) is 1.26. The molecule has 0 atom stereocenters. The van der Waals surface area contributed by atoms with Gasteiger partial charge in [-0.2, -0.15) is 0 Å². The lowest BCUT2D eigenvalue weighted by Crippen LogP contribution is -2.16. The van der Waals surface area contributed by atoms with E-state index in [9.17, 15) is 0 Å². The van der Waals surface area contributed by atoms with Crippen LogP contribution < -0.4 is 4.74 Å². The Morgan fingerprint density at radius 3 is 2.43 bits per heavy atom. The summed E-state index contributed by atoms with van der Waals surface area (Å²) in [5, 5.41) is 0. The summed E-state index contributed by atoms with van der Waals surface area (Å²) in [7, 11) is 1.65. The van der Waals surface area contributed by atoms with Crippen molar-refractivity contribution in [2.75, 3.05) is 7.11 Å². The lowest BCUT2D eigenvalue weighted by Gasteiger charge is -2.20. The second kappa shape index (κ2) is 3.95. The van der Waals surface area contributed by atoms with E-state index in [1.807, 2.05) is 6.92 Å². The van der Waals surface area contributed by atoms with Crippen LogP contribution in [-0.2, 0) is 11.8 Å². The number of aryl methyl sites for hydroxylation is 1. The van der Waals surface area contributed by atoms with Gasteiger partial charge in [-0.05, 0) is 0 Å². The van der Waals surface area contributed by atoms with Crippen LogP contribution >= 0.6 is 0 Å². The van der Waals surface area contributed by atoms with Crippen molar-refractivity contribution in [3.8, 4) is 5.75 Å². The van der Waals surface area contributed by atoms with E-state index in [4.69, 9.17) is 4.74 Å². The van der Waals surface area contributed by atoms with Gasteiger partial charge in [0, 0.05) is 11.8 Å². The summed E-state index contributed by atoms with van der Waals surface area (Å²) in [5.41, 5.74) is 0.977. The third-order valence-corrected chi connectivity index (χ3v) is 2.05. The van der Waals surface area contributed by atoms with Gasteiger partial charge in [0.25, 0.3) is 0 Å². The van der Waals surface area contributed by atoms with E-state index >= 15 is 0 Å². The molecule has 14 heavy (non-hydrogen) atoms. The van der Waals surface area contributed by atoms with Gasteiger partial charge in [-0.3, -0.25) is 0 Å². The number of hydrogen-bond acceptors (Lipinski definition) is 3. The minimum absolute atomic E-state index is 0.00178. The van der Waals surface area contributed by atoms with Crippen LogP contribution in [0.1, 0.15) is 39.2 Å². The average molecular weight is 194 g/mol. The molecule has 0 saturated carbocycles. The van der Waals surface area contributed by atoms with Crippen molar-refractivity contribution in [2.24, 2.45) is 0 Å². The molecule has 0 N–H and O–H groups in total. The largest absolute Gasteiger partial charge is 0.493 e. The quantitative estimate of drug-likeness (QED) is 0.724. The van der Waals surface area contributed by atoms with Crippen LogP contribution in [0.5, 0.6) is 5.75 Å². The SMILES string of the molecule is CCc1ncc(OC)c(C(C)(C)C)n1. The number of rotatable bonds is 2. The molecule has 0 bridgehead atoms. The number of methoxy groups -OCH3 is 1. The maximum absolute atomic E-state index is 5.25. The number of ether oxygens (including phenoxy) is 1. The first-order chi connectivity index (χ1) is 6.49. The molecule has 0 radical (unpaired) electrons. The Morgan fingerprint density at radius 2 is 2.00 bits per heavy atom. The standard InChI is InChI=1S/C11H18N2O/c1-6-9-12-7-8(14-5)10(13-9)11(2,3)4/h7H,6H2,1-5H3. The van der Waals surface area contributed by atoms with Crippen molar-refractivity contribution < 1.29 is 4.74 Å². The molecule has 78 valence electrons. The molecule has 0 spiro atoms. The normalized spacial score (nSPS) is 11.5. The minimum atomic E-state index is -0.00178. The van der Waals surface area contributed by atoms with Gasteiger partial charge in [0.15, 0.2) is 5.75 Å². The van der Waals surface area contributed by atoms with Crippen molar-refractivity contribution in [1.29, 1.82) is 0 Å². The second-order valence-electron chi connectivity index (χ2n) is 4.31. The fraction of sp³-hybridized carbons (Fsp3) is 0.636. The van der Waals surface area contributed by atoms with E-state index in [0.29, 0.717) is 0 Å². The number of aromatic nitrogens is 2. The summed E-state index contributed by atoms with van der Waals surface area (Å²) in [6.07, 6.45) is 2.61. The predicted octanol–water partition coefficient (Wildman–Crippen LogP) is 2.35. The molecule has 0 amide bonds. The molecule has 1 aromatic heterocycles. The van der Waals surface area contributed by atoms with Gasteiger partial charge in [0.05, 0.1) is 19.0 Å². The molecule has 3 heteroatoms. The third kappa shape index (κ3) is 2.22. The molecular formula is C11H18N2O. The first-order valence-corrected chi connectivity index (χ1v) is 4.89. The highest BCUT2D eigenvalue weighted by molar-refractivity contribution is 5.30. The van der Waals surface area contributed by atoms with Crippen LogP contribution in [0.15, 0.2) is 6.20 Å². The van der Waals surface area contributed by atoms with Crippen LogP contribution in [0.3, 0.4) is 0 Å². The number of hydrogen-bond donors (Lipinski definition) is 0. The van der Waals surface area contributed by atoms with Crippen molar-refractivity contribution in [1.82, 2.24) is 9.97 Å². The highest BCUT2D eigenvalue weighted by atomic mass is 16.5. The molecule has 0 fully saturated rings. The zero-order chi connectivity index (χ0) is 10.8. The van der Waals surface area contributed by atoms with E-state index in [1.54, 1.807) is 13.3 Å². The highest BCUT2D eigenvalue weighted by Gasteiger charge is 2.21. The molecular weight excluding hydrogens is 176 g/mol. The van der Waals surface area contributed by atoms with Crippen molar-refractivity contribution in [2.45, 2.75) is 39.5 Å². The van der Waals surface area contributed by atoms with E-state index in [0.717, 1.165) is 23.7 Å². The van der Waals surface area contributed by atoms with E-state index in [1.165, 1.54) is 0 Å². The van der Waals surface area contributed by atoms with Crippen LogP contribution in [0, 0.1) is 0 Å². The van der Waals surface area contributed by atoms with Gasteiger partial charge in [0.2, 0.25) is 0 Å².